The highest BCUT2D eigenvalue weighted by Crippen LogP contribution is 2.31. The zero-order valence-corrected chi connectivity index (χ0v) is 19.6. The molecule has 0 fully saturated rings. The van der Waals surface area contributed by atoms with Crippen LogP contribution in [0.25, 0.3) is 0 Å². The molecular weight excluding hydrogens is 344 g/mol. The Kier molecular flexibility index (Phi) is 26.5. The van der Waals surface area contributed by atoms with Crippen molar-refractivity contribution in [2.75, 3.05) is 0 Å². The van der Waals surface area contributed by atoms with Crippen molar-refractivity contribution in [2.24, 2.45) is 0 Å². The minimum Gasteiger partial charge on any atom is -0.0991 e. The van der Waals surface area contributed by atoms with Crippen LogP contribution in [0.1, 0.15) is 55.4 Å². The smallest absolute Gasteiger partial charge is 0.0991 e. The molecule has 0 aliphatic heterocycles. The van der Waals surface area contributed by atoms with E-state index in [1.165, 1.54) is 14.7 Å². The van der Waals surface area contributed by atoms with E-state index in [0.29, 0.717) is 0 Å². The number of allylic oxidation sites excluding steroid dienone is 8. The van der Waals surface area contributed by atoms with E-state index < -0.39 is 0 Å². The molecule has 0 saturated carbocycles. The lowest BCUT2D eigenvalue weighted by Gasteiger charge is -2.09. The lowest BCUT2D eigenvalue weighted by atomic mass is 10.4. The van der Waals surface area contributed by atoms with Gasteiger partial charge in [0.25, 0.3) is 0 Å². The predicted molar refractivity (Wildman–Crippen MR) is 132 cm³/mol. The summed E-state index contributed by atoms with van der Waals surface area (Å²) in [4.78, 5) is 3.82. The molecule has 1 heteroatoms. The zero-order valence-electron chi connectivity index (χ0n) is 18.8. The Balaban J connectivity index is -0.000000869. The Labute approximate surface area is 173 Å². The summed E-state index contributed by atoms with van der Waals surface area (Å²) < 4.78 is 0. The summed E-state index contributed by atoms with van der Waals surface area (Å²) in [6, 6.07) is 10.6. The largest absolute Gasteiger partial charge is 0.166 e. The van der Waals surface area contributed by atoms with Crippen LogP contribution in [0, 0.1) is 0 Å². The van der Waals surface area contributed by atoms with Gasteiger partial charge >= 0.3 is 0 Å². The van der Waals surface area contributed by atoms with Crippen LogP contribution in [0.5, 0.6) is 0 Å². The Hall–Kier alpha value is -1.99. The van der Waals surface area contributed by atoms with Gasteiger partial charge in [-0.15, -0.1) is 0 Å². The highest BCUT2D eigenvalue weighted by atomic mass is 32.2. The van der Waals surface area contributed by atoms with E-state index in [-0.39, 0.29) is 10.9 Å². The molecule has 0 saturated heterocycles. The minimum atomic E-state index is -0.135. The molecule has 1 atom stereocenters. The molecule has 0 N–H and O–H groups in total. The van der Waals surface area contributed by atoms with Crippen molar-refractivity contribution >= 4 is 10.9 Å². The lowest BCUT2D eigenvalue weighted by Crippen LogP contribution is -2.07. The van der Waals surface area contributed by atoms with Crippen LogP contribution >= 0.6 is 0 Å². The van der Waals surface area contributed by atoms with Crippen LogP contribution in [-0.2, 0) is 10.9 Å². The quantitative estimate of drug-likeness (QED) is 0.324. The molecule has 0 bridgehead atoms. The molecule has 27 heavy (non-hydrogen) atoms. The Morgan fingerprint density at radius 2 is 1.33 bits per heavy atom. The first-order valence-electron chi connectivity index (χ1n) is 9.98. The van der Waals surface area contributed by atoms with Gasteiger partial charge in [-0.1, -0.05) is 97.2 Å². The van der Waals surface area contributed by atoms with Gasteiger partial charge in [0.15, 0.2) is 14.7 Å². The summed E-state index contributed by atoms with van der Waals surface area (Å²) in [5.74, 6) is 0. The van der Waals surface area contributed by atoms with Crippen LogP contribution in [0.15, 0.2) is 107 Å². The summed E-state index contributed by atoms with van der Waals surface area (Å²) in [6.45, 7) is 23.7. The van der Waals surface area contributed by atoms with E-state index in [2.05, 4.69) is 74.7 Å². The molecule has 150 valence electrons. The fraction of sp³-hybridized carbons (Fsp3) is 0.308. The highest BCUT2D eigenvalue weighted by molar-refractivity contribution is 8.04. The summed E-state index contributed by atoms with van der Waals surface area (Å²) in [7, 11) is -0.135. The van der Waals surface area contributed by atoms with E-state index in [0.717, 1.165) is 0 Å². The average Bonchev–Trinajstić information content (AvgIpc) is 2.76. The maximum atomic E-state index is 3.85. The number of hydrogen-bond acceptors (Lipinski definition) is 0. The van der Waals surface area contributed by atoms with E-state index in [1.807, 2.05) is 72.8 Å². The molecule has 0 amide bonds. The van der Waals surface area contributed by atoms with Gasteiger partial charge in [0.2, 0.25) is 0 Å². The maximum absolute atomic E-state index is 3.85. The maximum Gasteiger partial charge on any atom is 0.166 e. The molecule has 0 aliphatic carbocycles. The van der Waals surface area contributed by atoms with Crippen molar-refractivity contribution in [2.45, 2.75) is 60.3 Å². The molecular formula is C26H41S+. The Morgan fingerprint density at radius 3 is 1.74 bits per heavy atom. The second-order valence-electron chi connectivity index (χ2n) is 4.21. The van der Waals surface area contributed by atoms with Crippen molar-refractivity contribution in [3.63, 3.8) is 0 Å². The lowest BCUT2D eigenvalue weighted by molar-refractivity contribution is 1.44. The highest BCUT2D eigenvalue weighted by Gasteiger charge is 2.29. The molecule has 0 heterocycles. The van der Waals surface area contributed by atoms with Gasteiger partial charge in [0.1, 0.15) is 0 Å². The third-order valence-electron chi connectivity index (χ3n) is 2.74. The van der Waals surface area contributed by atoms with Gasteiger partial charge in [-0.2, -0.15) is 0 Å². The molecule has 0 spiro atoms. The van der Waals surface area contributed by atoms with Gasteiger partial charge in [-0.3, -0.25) is 0 Å². The van der Waals surface area contributed by atoms with Gasteiger partial charge in [-0.05, 0) is 50.3 Å². The van der Waals surface area contributed by atoms with E-state index in [4.69, 9.17) is 0 Å². The van der Waals surface area contributed by atoms with Gasteiger partial charge < -0.3 is 0 Å². The molecule has 1 aromatic rings. The van der Waals surface area contributed by atoms with Crippen LogP contribution < -0.4 is 0 Å². The first-order chi connectivity index (χ1) is 13.3. The van der Waals surface area contributed by atoms with E-state index in [9.17, 15) is 0 Å². The number of benzene rings is 1. The van der Waals surface area contributed by atoms with Crippen LogP contribution in [0.2, 0.25) is 0 Å². The van der Waals surface area contributed by atoms with Crippen molar-refractivity contribution in [3.8, 4) is 0 Å². The minimum absolute atomic E-state index is 0.135. The molecule has 0 nitrogen and oxygen atoms in total. The van der Waals surface area contributed by atoms with Crippen molar-refractivity contribution < 1.29 is 0 Å². The zero-order chi connectivity index (χ0) is 21.5. The summed E-state index contributed by atoms with van der Waals surface area (Å²) >= 11 is 0. The van der Waals surface area contributed by atoms with Gasteiger partial charge in [-0.25, -0.2) is 0 Å². The third kappa shape index (κ3) is 12.9. The third-order valence-corrected chi connectivity index (χ3v) is 5.07. The molecule has 1 aromatic carbocycles. The fourth-order valence-electron chi connectivity index (χ4n) is 1.88. The standard InChI is InChI=1S/C20H23S.3C2H6/c1-5-9-15-18(8-4)21(19(13-6-2)14-7-3)20-16-11-10-12-17-20;3*1-2/h5-17H,1-2H2,3-4H3;3*1-2H3/q+1;;;/b14-7-,15-9-,18-8+,19-13+;;;. The van der Waals surface area contributed by atoms with Gasteiger partial charge in [0.05, 0.1) is 10.9 Å². The summed E-state index contributed by atoms with van der Waals surface area (Å²) in [5.41, 5.74) is 0. The predicted octanol–water partition coefficient (Wildman–Crippen LogP) is 9.03. The fourth-order valence-corrected chi connectivity index (χ4v) is 4.08. The molecule has 1 rings (SSSR count). The van der Waals surface area contributed by atoms with Crippen molar-refractivity contribution in [3.05, 3.63) is 102 Å². The average molecular weight is 386 g/mol. The number of hydrogen-bond donors (Lipinski definition) is 0. The van der Waals surface area contributed by atoms with Crippen molar-refractivity contribution in [1.29, 1.82) is 0 Å². The Morgan fingerprint density at radius 1 is 0.778 bits per heavy atom. The Bertz CT molecular complexity index is 571. The molecule has 0 aromatic heterocycles. The first kappa shape index (κ1) is 29.8. The SMILES string of the molecule is C=C/C=C\C(=C/C)[S+](C(/C=C\C)=C/C=C)c1ccccc1.CC.CC.CC. The second kappa shape index (κ2) is 24.0. The second-order valence-corrected chi connectivity index (χ2v) is 6.24. The molecule has 1 unspecified atom stereocenters. The summed E-state index contributed by atoms with van der Waals surface area (Å²) in [5, 5.41) is 0. The number of rotatable bonds is 7. The molecule has 0 aliphatic rings. The topological polar surface area (TPSA) is 0 Å². The van der Waals surface area contributed by atoms with Gasteiger partial charge in [0, 0.05) is 0 Å². The van der Waals surface area contributed by atoms with E-state index in [1.54, 1.807) is 0 Å². The van der Waals surface area contributed by atoms with Crippen LogP contribution in [-0.4, -0.2) is 0 Å². The van der Waals surface area contributed by atoms with Crippen LogP contribution in [0.4, 0.5) is 0 Å². The normalized spacial score (nSPS) is 12.0. The first-order valence-corrected chi connectivity index (χ1v) is 11.2. The van der Waals surface area contributed by atoms with Crippen LogP contribution in [0.3, 0.4) is 0 Å². The monoisotopic (exact) mass is 385 g/mol. The summed E-state index contributed by atoms with van der Waals surface area (Å²) in [6.07, 6.45) is 16.2. The van der Waals surface area contributed by atoms with Crippen molar-refractivity contribution in [1.82, 2.24) is 0 Å². The van der Waals surface area contributed by atoms with E-state index >= 15 is 0 Å². The molecule has 0 radical (unpaired) electrons.